The third-order valence-corrected chi connectivity index (χ3v) is 2.01. The van der Waals surface area contributed by atoms with Crippen molar-refractivity contribution >= 4 is 0 Å². The van der Waals surface area contributed by atoms with Gasteiger partial charge in [0.1, 0.15) is 0 Å². The van der Waals surface area contributed by atoms with Crippen LogP contribution in [0.1, 0.15) is 24.9 Å². The van der Waals surface area contributed by atoms with Crippen molar-refractivity contribution in [1.29, 1.82) is 0 Å². The molecule has 0 saturated carbocycles. The van der Waals surface area contributed by atoms with E-state index in [0.29, 0.717) is 12.2 Å². The summed E-state index contributed by atoms with van der Waals surface area (Å²) in [6.45, 7) is 2.03. The summed E-state index contributed by atoms with van der Waals surface area (Å²) in [6, 6.07) is 7.58. The molecule has 1 atom stereocenters. The molecule has 0 aliphatic heterocycles. The Kier molecular flexibility index (Phi) is 4.76. The first kappa shape index (κ1) is 13.0. The van der Waals surface area contributed by atoms with Crippen LogP contribution in [0.5, 0.6) is 0 Å². The zero-order chi connectivity index (χ0) is 12.0. The van der Waals surface area contributed by atoms with Gasteiger partial charge in [-0.05, 0) is 12.5 Å². The van der Waals surface area contributed by atoms with Crippen LogP contribution in [0.2, 0.25) is 0 Å². The molecule has 0 saturated heterocycles. The number of hydrogen-bond donors (Lipinski definition) is 1. The average Bonchev–Trinajstić information content (AvgIpc) is 2.24. The Balaban J connectivity index is 2.71. The van der Waals surface area contributed by atoms with Crippen LogP contribution in [0.15, 0.2) is 30.3 Å². The van der Waals surface area contributed by atoms with Gasteiger partial charge < -0.3 is 4.84 Å². The lowest BCUT2D eigenvalue weighted by molar-refractivity contribution is -0.149. The molecule has 1 aromatic carbocycles. The molecule has 0 bridgehead atoms. The molecule has 1 aromatic rings. The highest BCUT2D eigenvalue weighted by molar-refractivity contribution is 5.18. The van der Waals surface area contributed by atoms with Crippen molar-refractivity contribution in [2.24, 2.45) is 0 Å². The molecule has 0 fully saturated rings. The van der Waals surface area contributed by atoms with Gasteiger partial charge in [-0.2, -0.15) is 18.7 Å². The summed E-state index contributed by atoms with van der Waals surface area (Å²) in [4.78, 5) is 4.85. The van der Waals surface area contributed by atoms with E-state index in [9.17, 15) is 13.2 Å². The first-order valence-electron chi connectivity index (χ1n) is 5.02. The lowest BCUT2D eigenvalue weighted by atomic mass is 10.0. The summed E-state index contributed by atoms with van der Waals surface area (Å²) in [5.41, 5.74) is 2.99. The second-order valence-corrected chi connectivity index (χ2v) is 3.33. The number of rotatable bonds is 5. The number of hydrogen-bond acceptors (Lipinski definition) is 2. The molecular weight excluding hydrogens is 219 g/mol. The van der Waals surface area contributed by atoms with Crippen LogP contribution >= 0.6 is 0 Å². The monoisotopic (exact) mass is 233 g/mol. The van der Waals surface area contributed by atoms with Gasteiger partial charge in [0.25, 0.3) is 0 Å². The molecule has 0 aliphatic carbocycles. The van der Waals surface area contributed by atoms with E-state index in [4.69, 9.17) is 4.84 Å². The Morgan fingerprint density at radius 2 is 1.88 bits per heavy atom. The van der Waals surface area contributed by atoms with Crippen LogP contribution < -0.4 is 5.48 Å². The molecule has 0 aliphatic rings. The van der Waals surface area contributed by atoms with Crippen LogP contribution in [0.4, 0.5) is 13.2 Å². The molecule has 1 N–H and O–H groups in total. The highest BCUT2D eigenvalue weighted by Crippen LogP contribution is 2.29. The van der Waals surface area contributed by atoms with Gasteiger partial charge in [0.2, 0.25) is 0 Å². The molecule has 0 aromatic heterocycles. The van der Waals surface area contributed by atoms with E-state index in [1.807, 2.05) is 0 Å². The van der Waals surface area contributed by atoms with Crippen LogP contribution in [0.25, 0.3) is 0 Å². The van der Waals surface area contributed by atoms with Crippen molar-refractivity contribution in [3.05, 3.63) is 35.9 Å². The number of hydroxylamine groups is 1. The topological polar surface area (TPSA) is 21.3 Å². The van der Waals surface area contributed by atoms with Crippen molar-refractivity contribution in [3.63, 3.8) is 0 Å². The van der Waals surface area contributed by atoms with Gasteiger partial charge >= 0.3 is 6.18 Å². The van der Waals surface area contributed by atoms with E-state index in [2.05, 4.69) is 5.48 Å². The van der Waals surface area contributed by atoms with E-state index in [-0.39, 0.29) is 0 Å². The first-order chi connectivity index (χ1) is 7.53. The van der Waals surface area contributed by atoms with Gasteiger partial charge in [0.15, 0.2) is 0 Å². The molecule has 0 heterocycles. The van der Waals surface area contributed by atoms with Gasteiger partial charge in [-0.15, -0.1) is 0 Å². The maximum Gasteiger partial charge on any atom is 0.391 e. The molecule has 1 unspecified atom stereocenters. The zero-order valence-corrected chi connectivity index (χ0v) is 8.92. The standard InChI is InChI=1S/C11H14F3NO/c1-2-16-15-10(8-11(12,13)14)9-6-4-3-5-7-9/h3-7,10,15H,2,8H2,1H3. The van der Waals surface area contributed by atoms with Crippen molar-refractivity contribution in [2.75, 3.05) is 6.61 Å². The molecule has 5 heteroatoms. The van der Waals surface area contributed by atoms with E-state index in [0.717, 1.165) is 0 Å². The Morgan fingerprint density at radius 1 is 1.25 bits per heavy atom. The highest BCUT2D eigenvalue weighted by Gasteiger charge is 2.32. The summed E-state index contributed by atoms with van der Waals surface area (Å²) in [5.74, 6) is 0. The van der Waals surface area contributed by atoms with Gasteiger partial charge in [0, 0.05) is 0 Å². The van der Waals surface area contributed by atoms with Gasteiger partial charge in [-0.25, -0.2) is 0 Å². The van der Waals surface area contributed by atoms with E-state index in [1.54, 1.807) is 37.3 Å². The third kappa shape index (κ3) is 4.63. The Hall–Kier alpha value is -1.07. The minimum atomic E-state index is -4.22. The fraction of sp³-hybridized carbons (Fsp3) is 0.455. The van der Waals surface area contributed by atoms with E-state index >= 15 is 0 Å². The van der Waals surface area contributed by atoms with Crippen LogP contribution in [-0.2, 0) is 4.84 Å². The van der Waals surface area contributed by atoms with E-state index < -0.39 is 18.6 Å². The van der Waals surface area contributed by atoms with E-state index in [1.165, 1.54) is 0 Å². The summed E-state index contributed by atoms with van der Waals surface area (Å²) in [7, 11) is 0. The molecule has 0 amide bonds. The van der Waals surface area contributed by atoms with Crippen molar-refractivity contribution < 1.29 is 18.0 Å². The molecule has 0 spiro atoms. The summed E-state index contributed by atoms with van der Waals surface area (Å²) in [5, 5.41) is 0. The lowest BCUT2D eigenvalue weighted by Crippen LogP contribution is -2.27. The Bertz CT molecular complexity index is 300. The number of alkyl halides is 3. The zero-order valence-electron chi connectivity index (χ0n) is 8.92. The summed E-state index contributed by atoms with van der Waals surface area (Å²) >= 11 is 0. The summed E-state index contributed by atoms with van der Waals surface area (Å²) < 4.78 is 37.0. The number of nitrogens with one attached hydrogen (secondary N) is 1. The Labute approximate surface area is 92.4 Å². The van der Waals surface area contributed by atoms with Crippen molar-refractivity contribution in [2.45, 2.75) is 25.6 Å². The van der Waals surface area contributed by atoms with Crippen LogP contribution in [0, 0.1) is 0 Å². The normalized spacial score (nSPS) is 13.8. The maximum atomic E-state index is 12.3. The molecule has 90 valence electrons. The predicted molar refractivity (Wildman–Crippen MR) is 54.6 cm³/mol. The fourth-order valence-electron chi connectivity index (χ4n) is 1.33. The minimum Gasteiger partial charge on any atom is -0.302 e. The maximum absolute atomic E-state index is 12.3. The molecule has 0 radical (unpaired) electrons. The quantitative estimate of drug-likeness (QED) is 0.788. The van der Waals surface area contributed by atoms with Gasteiger partial charge in [-0.3, -0.25) is 0 Å². The molecule has 16 heavy (non-hydrogen) atoms. The SMILES string of the molecule is CCONC(CC(F)(F)F)c1ccccc1. The minimum absolute atomic E-state index is 0.321. The second kappa shape index (κ2) is 5.86. The third-order valence-electron chi connectivity index (χ3n) is 2.01. The van der Waals surface area contributed by atoms with Crippen molar-refractivity contribution in [1.82, 2.24) is 5.48 Å². The van der Waals surface area contributed by atoms with Gasteiger partial charge in [0.05, 0.1) is 19.1 Å². The molecule has 2 nitrogen and oxygen atoms in total. The highest BCUT2D eigenvalue weighted by atomic mass is 19.4. The Morgan fingerprint density at radius 3 is 2.38 bits per heavy atom. The molecular formula is C11H14F3NO. The smallest absolute Gasteiger partial charge is 0.302 e. The van der Waals surface area contributed by atoms with Crippen LogP contribution in [0.3, 0.4) is 0 Å². The number of benzene rings is 1. The van der Waals surface area contributed by atoms with Crippen LogP contribution in [-0.4, -0.2) is 12.8 Å². The average molecular weight is 233 g/mol. The predicted octanol–water partition coefficient (Wildman–Crippen LogP) is 3.22. The molecule has 1 rings (SSSR count). The van der Waals surface area contributed by atoms with Crippen molar-refractivity contribution in [3.8, 4) is 0 Å². The second-order valence-electron chi connectivity index (χ2n) is 3.33. The first-order valence-corrected chi connectivity index (χ1v) is 5.02. The summed E-state index contributed by atoms with van der Waals surface area (Å²) in [6.07, 6.45) is -5.17. The fourth-order valence-corrected chi connectivity index (χ4v) is 1.33. The number of halogens is 3. The van der Waals surface area contributed by atoms with Gasteiger partial charge in [-0.1, -0.05) is 30.3 Å². The largest absolute Gasteiger partial charge is 0.391 e. The lowest BCUT2D eigenvalue weighted by Gasteiger charge is -2.19.